The van der Waals surface area contributed by atoms with E-state index in [1.807, 2.05) is 4.57 Å². The molecule has 10 heteroatoms. The number of hydrogen-bond donors (Lipinski definition) is 2. The number of nitrogens with one attached hydrogen (secondary N) is 2. The predicted molar refractivity (Wildman–Crippen MR) is 137 cm³/mol. The van der Waals surface area contributed by atoms with E-state index in [1.165, 1.54) is 6.07 Å². The monoisotopic (exact) mass is 526 g/mol. The summed E-state index contributed by atoms with van der Waals surface area (Å²) in [4.78, 5) is 9.10. The lowest BCUT2D eigenvalue weighted by molar-refractivity contribution is 0.341. The van der Waals surface area contributed by atoms with Crippen LogP contribution >= 0.6 is 23.2 Å². The van der Waals surface area contributed by atoms with Gasteiger partial charge in [-0.1, -0.05) is 35.3 Å². The zero-order valence-corrected chi connectivity index (χ0v) is 20.7. The number of hydrogen-bond acceptors (Lipinski definition) is 5. The molecule has 0 bridgehead atoms. The van der Waals surface area contributed by atoms with Gasteiger partial charge < -0.3 is 15.2 Å². The van der Waals surface area contributed by atoms with Gasteiger partial charge in [-0.2, -0.15) is 10.2 Å². The van der Waals surface area contributed by atoms with Crippen LogP contribution in [-0.4, -0.2) is 27.6 Å². The minimum atomic E-state index is -0.916. The fourth-order valence-electron chi connectivity index (χ4n) is 4.65. The van der Waals surface area contributed by atoms with Gasteiger partial charge in [0.05, 0.1) is 26.7 Å². The molecule has 0 radical (unpaired) electrons. The Kier molecular flexibility index (Phi) is 7.06. The molecule has 5 rings (SSSR count). The maximum atomic E-state index is 13.6. The Balaban J connectivity index is 1.61. The lowest BCUT2D eigenvalue weighted by Crippen LogP contribution is -2.32. The molecule has 1 fully saturated rings. The lowest BCUT2D eigenvalue weighted by atomic mass is 9.99. The summed E-state index contributed by atoms with van der Waals surface area (Å²) in [6.45, 7) is 2.64. The van der Waals surface area contributed by atoms with Crippen LogP contribution in [0.3, 0.4) is 0 Å². The van der Waals surface area contributed by atoms with E-state index in [9.17, 15) is 14.0 Å². The number of halogens is 4. The third kappa shape index (κ3) is 4.74. The Morgan fingerprint density at radius 2 is 1.97 bits per heavy atom. The molecule has 0 aliphatic carbocycles. The van der Waals surface area contributed by atoms with Crippen LogP contribution in [0.25, 0.3) is 22.3 Å². The van der Waals surface area contributed by atoms with Crippen LogP contribution in [0.4, 0.5) is 14.7 Å². The van der Waals surface area contributed by atoms with E-state index >= 15 is 0 Å². The summed E-state index contributed by atoms with van der Waals surface area (Å²) in [7, 11) is 0. The summed E-state index contributed by atoms with van der Waals surface area (Å²) < 4.78 is 28.9. The number of fused-ring (bicyclic) bond motifs is 1. The number of benzene rings is 2. The van der Waals surface area contributed by atoms with Gasteiger partial charge in [-0.15, -0.1) is 0 Å². The highest BCUT2D eigenvalue weighted by Crippen LogP contribution is 2.41. The second kappa shape index (κ2) is 10.4. The molecule has 4 aromatic rings. The number of anilines is 1. The molecule has 2 aromatic heterocycles. The molecular weight excluding hydrogens is 505 g/mol. The molecule has 2 N–H and O–H groups in total. The molecule has 3 heterocycles. The van der Waals surface area contributed by atoms with Crippen molar-refractivity contribution in [1.82, 2.24) is 19.9 Å². The Hall–Kier alpha value is -3.25. The third-order valence-electron chi connectivity index (χ3n) is 6.39. The van der Waals surface area contributed by atoms with Crippen LogP contribution in [0, 0.1) is 28.9 Å². The Labute approximate surface area is 216 Å². The first kappa shape index (κ1) is 24.4. The average Bonchev–Trinajstić information content (AvgIpc) is 3.17. The number of aromatic nitrogens is 3. The van der Waals surface area contributed by atoms with Gasteiger partial charge in [-0.3, -0.25) is 0 Å². The molecule has 184 valence electrons. The van der Waals surface area contributed by atoms with Crippen LogP contribution in [0.1, 0.15) is 24.0 Å². The van der Waals surface area contributed by atoms with Gasteiger partial charge in [0, 0.05) is 24.8 Å². The highest BCUT2D eigenvalue weighted by atomic mass is 35.5. The second-order valence-electron chi connectivity index (χ2n) is 8.79. The Morgan fingerprint density at radius 1 is 1.17 bits per heavy atom. The molecular formula is C26H22Cl2F2N6. The number of nitriles is 1. The number of nitrogens with zero attached hydrogens (tertiary/aromatic N) is 4. The summed E-state index contributed by atoms with van der Waals surface area (Å²) in [6, 6.07) is 11.3. The van der Waals surface area contributed by atoms with Gasteiger partial charge in [-0.05, 0) is 61.7 Å². The van der Waals surface area contributed by atoms with Gasteiger partial charge in [0.15, 0.2) is 11.6 Å². The summed E-state index contributed by atoms with van der Waals surface area (Å²) in [5, 5.41) is 18.1. The normalized spacial score (nSPS) is 15.7. The van der Waals surface area contributed by atoms with E-state index in [0.29, 0.717) is 61.9 Å². The molecule has 0 saturated carbocycles. The average molecular weight is 527 g/mol. The third-order valence-corrected chi connectivity index (χ3v) is 7.02. The fourth-order valence-corrected chi connectivity index (χ4v) is 5.23. The molecule has 0 unspecified atom stereocenters. The SMILES string of the molecule is N#Cc1c(-c2c(Cl)cccc2Cl)n(C[C@@H]2CCCNC2)c2nc(NCc3ccc(F)c(F)c3)ncc12. The van der Waals surface area contributed by atoms with Crippen molar-refractivity contribution >= 4 is 40.2 Å². The standard InChI is InChI=1S/C26H22Cl2F2N6/c27-19-4-1-5-20(28)23(19)24-17(10-31)18-13-34-26(33-12-15-6-7-21(29)22(30)9-15)35-25(18)36(24)14-16-3-2-8-32-11-16/h1,4-7,9,13,16,32H,2-3,8,11-12,14H2,(H,33,34,35)/t16-/m1/s1. The maximum absolute atomic E-state index is 13.6. The van der Waals surface area contributed by atoms with E-state index < -0.39 is 11.6 Å². The number of rotatable bonds is 6. The van der Waals surface area contributed by atoms with E-state index in [0.717, 1.165) is 38.1 Å². The van der Waals surface area contributed by atoms with Gasteiger partial charge in [-0.25, -0.2) is 13.8 Å². The molecule has 1 saturated heterocycles. The van der Waals surface area contributed by atoms with Crippen molar-refractivity contribution in [2.24, 2.45) is 5.92 Å². The summed E-state index contributed by atoms with van der Waals surface area (Å²) in [6.07, 6.45) is 3.70. The van der Waals surface area contributed by atoms with Gasteiger partial charge >= 0.3 is 0 Å². The van der Waals surface area contributed by atoms with E-state index in [2.05, 4.69) is 21.7 Å². The number of piperidine rings is 1. The first-order chi connectivity index (χ1) is 17.5. The molecule has 6 nitrogen and oxygen atoms in total. The van der Waals surface area contributed by atoms with Crippen LogP contribution in [0.15, 0.2) is 42.6 Å². The molecule has 0 amide bonds. The van der Waals surface area contributed by atoms with Crippen molar-refractivity contribution in [2.75, 3.05) is 18.4 Å². The first-order valence-corrected chi connectivity index (χ1v) is 12.3. The maximum Gasteiger partial charge on any atom is 0.224 e. The Bertz CT molecular complexity index is 1450. The van der Waals surface area contributed by atoms with Crippen LogP contribution < -0.4 is 10.6 Å². The zero-order valence-electron chi connectivity index (χ0n) is 19.2. The summed E-state index contributed by atoms with van der Waals surface area (Å²) in [5.74, 6) is -1.19. The van der Waals surface area contributed by atoms with Gasteiger partial charge in [0.1, 0.15) is 11.7 Å². The molecule has 1 aliphatic heterocycles. The van der Waals surface area contributed by atoms with Crippen molar-refractivity contribution in [3.05, 3.63) is 75.4 Å². The van der Waals surface area contributed by atoms with Crippen molar-refractivity contribution in [1.29, 1.82) is 5.26 Å². The summed E-state index contributed by atoms with van der Waals surface area (Å²) >= 11 is 13.2. The smallest absolute Gasteiger partial charge is 0.224 e. The van der Waals surface area contributed by atoms with E-state index in [4.69, 9.17) is 28.2 Å². The highest BCUT2D eigenvalue weighted by Gasteiger charge is 2.26. The fraction of sp³-hybridized carbons (Fsp3) is 0.269. The first-order valence-electron chi connectivity index (χ1n) is 11.6. The largest absolute Gasteiger partial charge is 0.350 e. The zero-order chi connectivity index (χ0) is 25.2. The van der Waals surface area contributed by atoms with Gasteiger partial charge in [0.2, 0.25) is 5.95 Å². The predicted octanol–water partition coefficient (Wildman–Crippen LogP) is 6.17. The van der Waals surface area contributed by atoms with Crippen LogP contribution in [-0.2, 0) is 13.1 Å². The topological polar surface area (TPSA) is 78.6 Å². The lowest BCUT2D eigenvalue weighted by Gasteiger charge is -2.25. The van der Waals surface area contributed by atoms with Crippen molar-refractivity contribution in [3.8, 4) is 17.3 Å². The summed E-state index contributed by atoms with van der Waals surface area (Å²) in [5.41, 5.74) is 2.71. The minimum absolute atomic E-state index is 0.199. The quantitative estimate of drug-likeness (QED) is 0.314. The second-order valence-corrected chi connectivity index (χ2v) is 9.60. The van der Waals surface area contributed by atoms with Gasteiger partial charge in [0.25, 0.3) is 0 Å². The van der Waals surface area contributed by atoms with Crippen LogP contribution in [0.2, 0.25) is 10.0 Å². The molecule has 2 aromatic carbocycles. The molecule has 1 atom stereocenters. The molecule has 0 spiro atoms. The van der Waals surface area contributed by atoms with Crippen molar-refractivity contribution in [2.45, 2.75) is 25.9 Å². The van der Waals surface area contributed by atoms with Crippen molar-refractivity contribution in [3.63, 3.8) is 0 Å². The van der Waals surface area contributed by atoms with E-state index in [-0.39, 0.29) is 6.54 Å². The highest BCUT2D eigenvalue weighted by molar-refractivity contribution is 6.39. The van der Waals surface area contributed by atoms with E-state index in [1.54, 1.807) is 24.4 Å². The van der Waals surface area contributed by atoms with Crippen molar-refractivity contribution < 1.29 is 8.78 Å². The minimum Gasteiger partial charge on any atom is -0.350 e. The molecule has 36 heavy (non-hydrogen) atoms. The molecule has 1 aliphatic rings. The Morgan fingerprint density at radius 3 is 2.67 bits per heavy atom. The van der Waals surface area contributed by atoms with Crippen LogP contribution in [0.5, 0.6) is 0 Å².